The third kappa shape index (κ3) is 5.33. The summed E-state index contributed by atoms with van der Waals surface area (Å²) in [7, 11) is 0. The summed E-state index contributed by atoms with van der Waals surface area (Å²) in [6, 6.07) is 50.4. The summed E-state index contributed by atoms with van der Waals surface area (Å²) < 4.78 is 0. The fourth-order valence-corrected chi connectivity index (χ4v) is 5.93. The summed E-state index contributed by atoms with van der Waals surface area (Å²) in [5.41, 5.74) is 14.3. The SMILES string of the molecule is c1ccc(-c2cc3nc(-c4ccc(-c5cccnc5)cc4)c(-c4ccc(-c5cccnc5)cc4)nc3cc2-c2ccccc2)cc1. The third-order valence-electron chi connectivity index (χ3n) is 8.28. The summed E-state index contributed by atoms with van der Waals surface area (Å²) in [4.78, 5) is 19.3. The fourth-order valence-electron chi connectivity index (χ4n) is 5.93. The first kappa shape index (κ1) is 27.3. The van der Waals surface area contributed by atoms with Gasteiger partial charge in [0.05, 0.1) is 22.4 Å². The highest BCUT2D eigenvalue weighted by molar-refractivity contribution is 5.96. The maximum Gasteiger partial charge on any atom is 0.0973 e. The molecule has 0 atom stereocenters. The highest BCUT2D eigenvalue weighted by Crippen LogP contribution is 2.38. The number of hydrogen-bond donors (Lipinski definition) is 0. The van der Waals surface area contributed by atoms with E-state index in [-0.39, 0.29) is 0 Å². The van der Waals surface area contributed by atoms with E-state index >= 15 is 0 Å². The highest BCUT2D eigenvalue weighted by atomic mass is 14.8. The lowest BCUT2D eigenvalue weighted by Crippen LogP contribution is -1.97. The largest absolute Gasteiger partial charge is 0.264 e. The Morgan fingerprint density at radius 1 is 0.304 bits per heavy atom. The van der Waals surface area contributed by atoms with E-state index in [1.165, 1.54) is 0 Å². The minimum absolute atomic E-state index is 0.839. The zero-order valence-corrected chi connectivity index (χ0v) is 25.0. The number of pyridine rings is 2. The van der Waals surface area contributed by atoms with Crippen molar-refractivity contribution in [2.45, 2.75) is 0 Å². The molecular weight excluding hydrogens is 560 g/mol. The molecule has 0 amide bonds. The molecule has 0 bridgehead atoms. The summed E-state index contributed by atoms with van der Waals surface area (Å²) in [5.74, 6) is 0. The van der Waals surface area contributed by atoms with Crippen molar-refractivity contribution in [3.05, 3.63) is 170 Å². The van der Waals surface area contributed by atoms with Gasteiger partial charge in [-0.2, -0.15) is 0 Å². The molecule has 3 aromatic heterocycles. The van der Waals surface area contributed by atoms with Crippen LogP contribution in [-0.2, 0) is 0 Å². The molecule has 0 aliphatic rings. The van der Waals surface area contributed by atoms with Crippen LogP contribution in [-0.4, -0.2) is 19.9 Å². The Morgan fingerprint density at radius 2 is 0.674 bits per heavy atom. The molecule has 46 heavy (non-hydrogen) atoms. The maximum atomic E-state index is 5.34. The Balaban J connectivity index is 1.33. The predicted molar refractivity (Wildman–Crippen MR) is 188 cm³/mol. The van der Waals surface area contributed by atoms with E-state index in [4.69, 9.17) is 9.97 Å². The van der Waals surface area contributed by atoms with Crippen LogP contribution >= 0.6 is 0 Å². The maximum absolute atomic E-state index is 5.34. The minimum Gasteiger partial charge on any atom is -0.264 e. The van der Waals surface area contributed by atoms with Crippen LogP contribution < -0.4 is 0 Å². The van der Waals surface area contributed by atoms with Crippen molar-refractivity contribution in [3.63, 3.8) is 0 Å². The van der Waals surface area contributed by atoms with Gasteiger partial charge in [0.1, 0.15) is 0 Å². The van der Waals surface area contributed by atoms with E-state index in [9.17, 15) is 0 Å². The molecule has 4 heteroatoms. The summed E-state index contributed by atoms with van der Waals surface area (Å²) >= 11 is 0. The van der Waals surface area contributed by atoms with Crippen LogP contribution in [0.3, 0.4) is 0 Å². The molecule has 0 aliphatic carbocycles. The number of fused-ring (bicyclic) bond motifs is 1. The minimum atomic E-state index is 0.839. The second kappa shape index (κ2) is 12.0. The second-order valence-corrected chi connectivity index (χ2v) is 11.2. The number of nitrogens with zero attached hydrogens (tertiary/aromatic N) is 4. The summed E-state index contributed by atoms with van der Waals surface area (Å²) in [5, 5.41) is 0. The van der Waals surface area contributed by atoms with Gasteiger partial charge in [-0.05, 0) is 68.8 Å². The van der Waals surface area contributed by atoms with Gasteiger partial charge in [0, 0.05) is 35.9 Å². The number of aromatic nitrogens is 4. The number of hydrogen-bond acceptors (Lipinski definition) is 4. The molecule has 0 radical (unpaired) electrons. The Hall–Kier alpha value is -6.26. The van der Waals surface area contributed by atoms with Gasteiger partial charge in [-0.1, -0.05) is 121 Å². The van der Waals surface area contributed by atoms with Gasteiger partial charge < -0.3 is 0 Å². The first-order chi connectivity index (χ1) is 22.8. The number of benzene rings is 5. The fraction of sp³-hybridized carbons (Fsp3) is 0. The summed E-state index contributed by atoms with van der Waals surface area (Å²) in [6.45, 7) is 0. The van der Waals surface area contributed by atoms with Crippen LogP contribution in [0.1, 0.15) is 0 Å². The lowest BCUT2D eigenvalue weighted by atomic mass is 9.93. The van der Waals surface area contributed by atoms with Gasteiger partial charge in [0.25, 0.3) is 0 Å². The molecule has 0 saturated heterocycles. The van der Waals surface area contributed by atoms with E-state index in [0.717, 1.165) is 78.1 Å². The van der Waals surface area contributed by atoms with Crippen LogP contribution in [0.2, 0.25) is 0 Å². The Morgan fingerprint density at radius 3 is 1.04 bits per heavy atom. The monoisotopic (exact) mass is 588 g/mol. The lowest BCUT2D eigenvalue weighted by Gasteiger charge is -2.15. The quantitative estimate of drug-likeness (QED) is 0.194. The van der Waals surface area contributed by atoms with Crippen molar-refractivity contribution in [1.82, 2.24) is 19.9 Å². The van der Waals surface area contributed by atoms with Gasteiger partial charge >= 0.3 is 0 Å². The topological polar surface area (TPSA) is 51.6 Å². The Bertz CT molecular complexity index is 2090. The van der Waals surface area contributed by atoms with Crippen LogP contribution in [0.4, 0.5) is 0 Å². The van der Waals surface area contributed by atoms with E-state index in [1.807, 2.05) is 36.7 Å². The van der Waals surface area contributed by atoms with Gasteiger partial charge in [-0.3, -0.25) is 9.97 Å². The summed E-state index contributed by atoms with van der Waals surface area (Å²) in [6.07, 6.45) is 7.35. The average molecular weight is 589 g/mol. The third-order valence-corrected chi connectivity index (χ3v) is 8.28. The lowest BCUT2D eigenvalue weighted by molar-refractivity contribution is 1.29. The zero-order valence-electron chi connectivity index (χ0n) is 25.0. The molecule has 0 unspecified atom stereocenters. The Labute approximate surface area is 267 Å². The molecule has 0 fully saturated rings. The molecule has 5 aromatic carbocycles. The van der Waals surface area contributed by atoms with Crippen molar-refractivity contribution in [2.24, 2.45) is 0 Å². The van der Waals surface area contributed by atoms with E-state index in [2.05, 4.69) is 131 Å². The van der Waals surface area contributed by atoms with E-state index in [0.29, 0.717) is 0 Å². The predicted octanol–water partition coefficient (Wildman–Crippen LogP) is 10.4. The molecule has 0 N–H and O–H groups in total. The molecule has 0 saturated carbocycles. The first-order valence-corrected chi connectivity index (χ1v) is 15.3. The van der Waals surface area contributed by atoms with Crippen molar-refractivity contribution < 1.29 is 0 Å². The molecular formula is C42H28N4. The molecule has 4 nitrogen and oxygen atoms in total. The van der Waals surface area contributed by atoms with Crippen molar-refractivity contribution in [3.8, 4) is 67.0 Å². The molecule has 8 aromatic rings. The smallest absolute Gasteiger partial charge is 0.0973 e. The van der Waals surface area contributed by atoms with Crippen LogP contribution in [0.25, 0.3) is 78.1 Å². The highest BCUT2D eigenvalue weighted by Gasteiger charge is 2.17. The van der Waals surface area contributed by atoms with Gasteiger partial charge in [-0.25, -0.2) is 9.97 Å². The average Bonchev–Trinajstić information content (AvgIpc) is 3.15. The number of rotatable bonds is 6. The molecule has 3 heterocycles. The van der Waals surface area contributed by atoms with E-state index < -0.39 is 0 Å². The van der Waals surface area contributed by atoms with Gasteiger partial charge in [0.15, 0.2) is 0 Å². The van der Waals surface area contributed by atoms with Crippen molar-refractivity contribution >= 4 is 11.0 Å². The van der Waals surface area contributed by atoms with Crippen molar-refractivity contribution in [2.75, 3.05) is 0 Å². The van der Waals surface area contributed by atoms with Gasteiger partial charge in [-0.15, -0.1) is 0 Å². The van der Waals surface area contributed by atoms with Crippen molar-refractivity contribution in [1.29, 1.82) is 0 Å². The van der Waals surface area contributed by atoms with Crippen LogP contribution in [0.15, 0.2) is 170 Å². The molecule has 0 aliphatic heterocycles. The normalized spacial score (nSPS) is 11.0. The molecule has 8 rings (SSSR count). The van der Waals surface area contributed by atoms with E-state index in [1.54, 1.807) is 12.4 Å². The molecule has 0 spiro atoms. The van der Waals surface area contributed by atoms with Crippen LogP contribution in [0.5, 0.6) is 0 Å². The molecule has 216 valence electrons. The standard InChI is InChI=1S/C42H28N4/c1-3-9-31(10-4-1)37-25-39-40(26-38(37)32-11-5-2-6-12-32)46-42(34-21-17-30(18-22-34)36-14-8-24-44-28-36)41(45-39)33-19-15-29(16-20-33)35-13-7-23-43-27-35/h1-28H. The zero-order chi connectivity index (χ0) is 30.7. The first-order valence-electron chi connectivity index (χ1n) is 15.3. The van der Waals surface area contributed by atoms with Gasteiger partial charge in [0.2, 0.25) is 0 Å². The second-order valence-electron chi connectivity index (χ2n) is 11.2. The van der Waals surface area contributed by atoms with Crippen LogP contribution in [0, 0.1) is 0 Å². The Kier molecular flexibility index (Phi) is 7.14.